The third-order valence-electron chi connectivity index (χ3n) is 4.45. The van der Waals surface area contributed by atoms with Crippen molar-refractivity contribution in [3.8, 4) is 5.82 Å². The molecule has 0 saturated heterocycles. The Kier molecular flexibility index (Phi) is 5.46. The number of carbonyl (C=O) groups is 1. The fraction of sp³-hybridized carbons (Fsp3) is 0.0476. The molecule has 0 spiro atoms. The lowest BCUT2D eigenvalue weighted by Crippen LogP contribution is -2.15. The van der Waals surface area contributed by atoms with Crippen molar-refractivity contribution in [2.24, 2.45) is 0 Å². The lowest BCUT2D eigenvalue weighted by atomic mass is 10.2. The number of hydrogen-bond donors (Lipinski definition) is 2. The monoisotopic (exact) mass is 434 g/mol. The zero-order valence-electron chi connectivity index (χ0n) is 16.4. The number of benzene rings is 1. The van der Waals surface area contributed by atoms with E-state index in [1.54, 1.807) is 48.1 Å². The van der Waals surface area contributed by atoms with Crippen LogP contribution >= 0.6 is 0 Å². The molecule has 0 atom stereocenters. The van der Waals surface area contributed by atoms with Crippen LogP contribution in [0.25, 0.3) is 5.82 Å². The van der Waals surface area contributed by atoms with E-state index in [4.69, 9.17) is 0 Å². The van der Waals surface area contributed by atoms with Crippen molar-refractivity contribution in [2.75, 3.05) is 10.0 Å². The lowest BCUT2D eigenvalue weighted by molar-refractivity contribution is 0.102. The predicted molar refractivity (Wildman–Crippen MR) is 116 cm³/mol. The van der Waals surface area contributed by atoms with Gasteiger partial charge in [0.05, 0.1) is 22.3 Å². The van der Waals surface area contributed by atoms with Crippen molar-refractivity contribution in [3.63, 3.8) is 0 Å². The maximum Gasteiger partial charge on any atom is 0.263 e. The molecule has 0 radical (unpaired) electrons. The third-order valence-corrected chi connectivity index (χ3v) is 5.82. The fourth-order valence-corrected chi connectivity index (χ4v) is 3.89. The van der Waals surface area contributed by atoms with Crippen molar-refractivity contribution in [1.29, 1.82) is 0 Å². The summed E-state index contributed by atoms with van der Waals surface area (Å²) in [6.07, 6.45) is 4.61. The average Bonchev–Trinajstić information content (AvgIpc) is 3.16. The van der Waals surface area contributed by atoms with Gasteiger partial charge in [0.25, 0.3) is 15.9 Å². The Balaban J connectivity index is 1.48. The molecule has 0 bridgehead atoms. The number of amides is 1. The molecule has 4 aromatic rings. The van der Waals surface area contributed by atoms with Crippen molar-refractivity contribution >= 4 is 27.4 Å². The van der Waals surface area contributed by atoms with Crippen LogP contribution in [-0.4, -0.2) is 34.1 Å². The minimum absolute atomic E-state index is 0.0512. The molecule has 0 fully saturated rings. The second-order valence-electron chi connectivity index (χ2n) is 6.54. The normalized spacial score (nSPS) is 11.1. The number of sulfonamides is 1. The van der Waals surface area contributed by atoms with Crippen LogP contribution in [0, 0.1) is 6.92 Å². The van der Waals surface area contributed by atoms with Gasteiger partial charge in [0, 0.05) is 18.1 Å². The van der Waals surface area contributed by atoms with E-state index in [0.29, 0.717) is 22.8 Å². The molecule has 0 aliphatic carbocycles. The van der Waals surface area contributed by atoms with Crippen molar-refractivity contribution in [3.05, 3.63) is 90.5 Å². The maximum absolute atomic E-state index is 12.7. The van der Waals surface area contributed by atoms with Crippen LogP contribution in [0.3, 0.4) is 0 Å². The minimum atomic E-state index is -3.79. The van der Waals surface area contributed by atoms with E-state index in [2.05, 4.69) is 25.1 Å². The highest BCUT2D eigenvalue weighted by atomic mass is 32.2. The molecule has 31 heavy (non-hydrogen) atoms. The molecule has 1 amide bonds. The molecule has 3 heterocycles. The van der Waals surface area contributed by atoms with Gasteiger partial charge in [0.1, 0.15) is 5.82 Å². The van der Waals surface area contributed by atoms with E-state index in [-0.39, 0.29) is 16.6 Å². The largest absolute Gasteiger partial charge is 0.322 e. The molecule has 0 unspecified atom stereocenters. The van der Waals surface area contributed by atoms with E-state index in [1.165, 1.54) is 36.7 Å². The van der Waals surface area contributed by atoms with Gasteiger partial charge < -0.3 is 5.32 Å². The van der Waals surface area contributed by atoms with Gasteiger partial charge in [-0.1, -0.05) is 12.1 Å². The van der Waals surface area contributed by atoms with Crippen molar-refractivity contribution < 1.29 is 13.2 Å². The van der Waals surface area contributed by atoms with Gasteiger partial charge in [-0.05, 0) is 55.5 Å². The van der Waals surface area contributed by atoms with Gasteiger partial charge in [-0.25, -0.2) is 23.1 Å². The van der Waals surface area contributed by atoms with Gasteiger partial charge in [0.2, 0.25) is 0 Å². The number of nitrogens with one attached hydrogen (secondary N) is 2. The van der Waals surface area contributed by atoms with Gasteiger partial charge in [-0.2, -0.15) is 5.10 Å². The Labute approximate surface area is 178 Å². The standard InChI is InChI=1S/C21H18N6O3S/c1-15-18(14-24-27(15)20-7-3-5-13-23-20)21(28)25-16-8-10-17(11-9-16)31(29,30)26-19-6-2-4-12-22-19/h2-14H,1H3,(H,22,26)(H,25,28). The lowest BCUT2D eigenvalue weighted by Gasteiger charge is -2.09. The topological polar surface area (TPSA) is 119 Å². The van der Waals surface area contributed by atoms with E-state index in [1.807, 2.05) is 6.07 Å². The van der Waals surface area contributed by atoms with Gasteiger partial charge >= 0.3 is 0 Å². The zero-order valence-corrected chi connectivity index (χ0v) is 17.2. The summed E-state index contributed by atoms with van der Waals surface area (Å²) in [7, 11) is -3.79. The fourth-order valence-electron chi connectivity index (χ4n) is 2.88. The van der Waals surface area contributed by atoms with Gasteiger partial charge in [0.15, 0.2) is 5.82 Å². The molecular formula is C21H18N6O3S. The number of pyridine rings is 2. The molecular weight excluding hydrogens is 416 g/mol. The van der Waals surface area contributed by atoms with Crippen LogP contribution in [0.15, 0.2) is 84.1 Å². The molecule has 0 aliphatic rings. The molecule has 0 aliphatic heterocycles. The Morgan fingerprint density at radius 3 is 2.29 bits per heavy atom. The SMILES string of the molecule is Cc1c(C(=O)Nc2ccc(S(=O)(=O)Nc3ccccn3)cc2)cnn1-c1ccccn1. The van der Waals surface area contributed by atoms with Crippen LogP contribution in [-0.2, 0) is 10.0 Å². The highest BCUT2D eigenvalue weighted by Gasteiger charge is 2.17. The molecule has 0 saturated carbocycles. The Morgan fingerprint density at radius 2 is 1.65 bits per heavy atom. The number of carbonyl (C=O) groups excluding carboxylic acids is 1. The Bertz CT molecular complexity index is 1300. The first-order valence-electron chi connectivity index (χ1n) is 9.25. The summed E-state index contributed by atoms with van der Waals surface area (Å²) in [5.74, 6) is 0.469. The summed E-state index contributed by atoms with van der Waals surface area (Å²) >= 11 is 0. The highest BCUT2D eigenvalue weighted by Crippen LogP contribution is 2.19. The second-order valence-corrected chi connectivity index (χ2v) is 8.22. The van der Waals surface area contributed by atoms with Crippen LogP contribution in [0.4, 0.5) is 11.5 Å². The molecule has 10 heteroatoms. The summed E-state index contributed by atoms with van der Waals surface area (Å²) in [5, 5.41) is 6.99. The molecule has 4 rings (SSSR count). The van der Waals surface area contributed by atoms with Crippen LogP contribution in [0.5, 0.6) is 0 Å². The third kappa shape index (κ3) is 4.43. The maximum atomic E-state index is 12.7. The molecule has 2 N–H and O–H groups in total. The van der Waals surface area contributed by atoms with Crippen LogP contribution in [0.1, 0.15) is 16.1 Å². The number of hydrogen-bond acceptors (Lipinski definition) is 6. The smallest absolute Gasteiger partial charge is 0.263 e. The summed E-state index contributed by atoms with van der Waals surface area (Å²) in [6, 6.07) is 16.2. The van der Waals surface area contributed by atoms with Crippen molar-refractivity contribution in [1.82, 2.24) is 19.7 Å². The first-order chi connectivity index (χ1) is 14.9. The molecule has 3 aromatic heterocycles. The Morgan fingerprint density at radius 1 is 0.935 bits per heavy atom. The molecule has 156 valence electrons. The first-order valence-corrected chi connectivity index (χ1v) is 10.7. The zero-order chi connectivity index (χ0) is 21.8. The average molecular weight is 434 g/mol. The molecule has 1 aromatic carbocycles. The van der Waals surface area contributed by atoms with Crippen molar-refractivity contribution in [2.45, 2.75) is 11.8 Å². The van der Waals surface area contributed by atoms with E-state index >= 15 is 0 Å². The van der Waals surface area contributed by atoms with E-state index in [0.717, 1.165) is 0 Å². The first kappa shape index (κ1) is 20.2. The van der Waals surface area contributed by atoms with E-state index in [9.17, 15) is 13.2 Å². The second kappa shape index (κ2) is 8.36. The summed E-state index contributed by atoms with van der Waals surface area (Å²) < 4.78 is 28.9. The van der Waals surface area contributed by atoms with Crippen LogP contribution in [0.2, 0.25) is 0 Å². The van der Waals surface area contributed by atoms with E-state index < -0.39 is 10.0 Å². The number of rotatable bonds is 6. The Hall–Kier alpha value is -4.05. The van der Waals surface area contributed by atoms with Crippen LogP contribution < -0.4 is 10.0 Å². The highest BCUT2D eigenvalue weighted by molar-refractivity contribution is 7.92. The number of nitrogens with zero attached hydrogens (tertiary/aromatic N) is 4. The number of anilines is 2. The summed E-state index contributed by atoms with van der Waals surface area (Å²) in [5.41, 5.74) is 1.47. The predicted octanol–water partition coefficient (Wildman–Crippen LogP) is 3.02. The molecule has 9 nitrogen and oxygen atoms in total. The summed E-state index contributed by atoms with van der Waals surface area (Å²) in [4.78, 5) is 20.9. The van der Waals surface area contributed by atoms with Gasteiger partial charge in [-0.3, -0.25) is 9.52 Å². The summed E-state index contributed by atoms with van der Waals surface area (Å²) in [6.45, 7) is 1.77. The number of aromatic nitrogens is 4. The minimum Gasteiger partial charge on any atom is -0.322 e. The quantitative estimate of drug-likeness (QED) is 0.481. The van der Waals surface area contributed by atoms with Gasteiger partial charge in [-0.15, -0.1) is 0 Å².